The van der Waals surface area contributed by atoms with E-state index in [4.69, 9.17) is 28.4 Å². The Kier molecular flexibility index (Phi) is 9.38. The molecule has 0 aromatic rings. The quantitative estimate of drug-likeness (QED) is 0.235. The average molecular weight is 709 g/mol. The van der Waals surface area contributed by atoms with Crippen LogP contribution >= 0.6 is 0 Å². The van der Waals surface area contributed by atoms with Gasteiger partial charge < -0.3 is 59.1 Å². The van der Waals surface area contributed by atoms with E-state index in [1.807, 2.05) is 0 Å². The molecule has 1 spiro atoms. The molecule has 12 heteroatoms. The van der Waals surface area contributed by atoms with Gasteiger partial charge in [0.25, 0.3) is 0 Å². The second-order valence-electron chi connectivity index (χ2n) is 17.9. The largest absolute Gasteiger partial charge is 0.393 e. The summed E-state index contributed by atoms with van der Waals surface area (Å²) in [7, 11) is 0. The summed E-state index contributed by atoms with van der Waals surface area (Å²) in [6, 6.07) is 0. The molecule has 0 radical (unpaired) electrons. The predicted molar refractivity (Wildman–Crippen MR) is 177 cm³/mol. The molecule has 284 valence electrons. The molecule has 0 amide bonds. The van der Waals surface area contributed by atoms with E-state index in [1.165, 1.54) is 5.57 Å². The number of ether oxygens (including phenoxy) is 6. The standard InChI is InChI=1S/C38H60O12/c1-17-8-11-38(46-15-17)18(2)28-26(50-38)14-24-22-7-6-20-12-21(39)13-27(37(20,5)23(22)9-10-36(24,28)4)48-35-33(30(42)25(40)16-45-35)49-34-32(44)31(43)29(41)19(3)47-34/h6,17-19,21-35,39-44H,7-16H2,1-5H3/t17-,18+,19-,21-,22-,23-,24-,25+,26-,27-,28-,29+,30+,31+,32+,33+,34+,35+,36+,37+,38+/m1/s1. The third-order valence-electron chi connectivity index (χ3n) is 15.2. The fourth-order valence-corrected chi connectivity index (χ4v) is 12.4. The van der Waals surface area contributed by atoms with Crippen LogP contribution in [0.5, 0.6) is 0 Å². The Labute approximate surface area is 295 Å². The number of allylic oxidation sites excluding steroid dienone is 1. The Balaban J connectivity index is 1.04. The zero-order valence-corrected chi connectivity index (χ0v) is 30.2. The van der Waals surface area contributed by atoms with Crippen molar-refractivity contribution in [1.82, 2.24) is 0 Å². The molecule has 12 nitrogen and oxygen atoms in total. The third kappa shape index (κ3) is 5.45. The molecule has 0 bridgehead atoms. The Morgan fingerprint density at radius 1 is 0.820 bits per heavy atom. The van der Waals surface area contributed by atoms with Gasteiger partial charge in [0, 0.05) is 24.2 Å². The minimum Gasteiger partial charge on any atom is -0.393 e. The number of rotatable bonds is 4. The van der Waals surface area contributed by atoms with Crippen LogP contribution in [0.1, 0.15) is 86.0 Å². The summed E-state index contributed by atoms with van der Waals surface area (Å²) in [4.78, 5) is 0. The van der Waals surface area contributed by atoms with Crippen LogP contribution in [0.15, 0.2) is 11.6 Å². The van der Waals surface area contributed by atoms with Crippen molar-refractivity contribution in [3.8, 4) is 0 Å². The highest BCUT2D eigenvalue weighted by Gasteiger charge is 2.69. The summed E-state index contributed by atoms with van der Waals surface area (Å²) in [6.45, 7) is 11.5. The van der Waals surface area contributed by atoms with Gasteiger partial charge in [-0.25, -0.2) is 0 Å². The zero-order valence-electron chi connectivity index (χ0n) is 30.2. The average Bonchev–Trinajstić information content (AvgIpc) is 3.53. The predicted octanol–water partition coefficient (Wildman–Crippen LogP) is 2.00. The molecule has 0 unspecified atom stereocenters. The molecule has 6 N–H and O–H groups in total. The summed E-state index contributed by atoms with van der Waals surface area (Å²) >= 11 is 0. The lowest BCUT2D eigenvalue weighted by Crippen LogP contribution is -2.63. The van der Waals surface area contributed by atoms with Crippen LogP contribution < -0.4 is 0 Å². The molecule has 4 aliphatic heterocycles. The summed E-state index contributed by atoms with van der Waals surface area (Å²) in [5.41, 5.74) is 0.917. The Morgan fingerprint density at radius 2 is 1.60 bits per heavy atom. The van der Waals surface area contributed by atoms with Gasteiger partial charge in [-0.1, -0.05) is 39.3 Å². The second-order valence-corrected chi connectivity index (χ2v) is 17.9. The molecule has 0 aromatic heterocycles. The lowest BCUT2D eigenvalue weighted by atomic mass is 9.46. The maximum atomic E-state index is 11.1. The van der Waals surface area contributed by atoms with Crippen molar-refractivity contribution in [3.05, 3.63) is 11.6 Å². The van der Waals surface area contributed by atoms with Crippen molar-refractivity contribution in [1.29, 1.82) is 0 Å². The van der Waals surface area contributed by atoms with Crippen molar-refractivity contribution < 1.29 is 59.1 Å². The highest BCUT2D eigenvalue weighted by molar-refractivity contribution is 5.28. The van der Waals surface area contributed by atoms with Gasteiger partial charge in [-0.2, -0.15) is 0 Å². The fourth-order valence-electron chi connectivity index (χ4n) is 12.4. The van der Waals surface area contributed by atoms with Crippen LogP contribution in [0.25, 0.3) is 0 Å². The number of aliphatic hydroxyl groups excluding tert-OH is 6. The van der Waals surface area contributed by atoms with E-state index in [9.17, 15) is 30.6 Å². The fraction of sp³-hybridized carbons (Fsp3) is 0.947. The van der Waals surface area contributed by atoms with Crippen LogP contribution in [0.3, 0.4) is 0 Å². The molecule has 4 aliphatic carbocycles. The van der Waals surface area contributed by atoms with Crippen molar-refractivity contribution >= 4 is 0 Å². The van der Waals surface area contributed by atoms with Gasteiger partial charge in [0.1, 0.15) is 36.6 Å². The van der Waals surface area contributed by atoms with Gasteiger partial charge in [0.2, 0.25) is 0 Å². The number of hydrogen-bond acceptors (Lipinski definition) is 12. The third-order valence-corrected chi connectivity index (χ3v) is 15.2. The van der Waals surface area contributed by atoms with Crippen molar-refractivity contribution in [2.45, 2.75) is 165 Å². The lowest BCUT2D eigenvalue weighted by molar-refractivity contribution is -0.362. The summed E-state index contributed by atoms with van der Waals surface area (Å²) in [6.07, 6.45) is -3.26. The van der Waals surface area contributed by atoms with E-state index in [1.54, 1.807) is 6.92 Å². The molecule has 21 atom stereocenters. The molecular formula is C38H60O12. The number of aliphatic hydroxyl groups is 6. The van der Waals surface area contributed by atoms with Crippen LogP contribution in [-0.4, -0.2) is 123 Å². The Morgan fingerprint density at radius 3 is 2.34 bits per heavy atom. The molecule has 8 aliphatic rings. The summed E-state index contributed by atoms with van der Waals surface area (Å²) in [5, 5.41) is 64.1. The number of fused-ring (bicyclic) bond motifs is 7. The topological polar surface area (TPSA) is 177 Å². The molecule has 50 heavy (non-hydrogen) atoms. The number of hydrogen-bond donors (Lipinski definition) is 6. The zero-order chi connectivity index (χ0) is 35.5. The summed E-state index contributed by atoms with van der Waals surface area (Å²) < 4.78 is 38.0. The highest BCUT2D eigenvalue weighted by Crippen LogP contribution is 2.71. The van der Waals surface area contributed by atoms with Gasteiger partial charge in [0.05, 0.1) is 37.6 Å². The van der Waals surface area contributed by atoms with Crippen molar-refractivity contribution in [3.63, 3.8) is 0 Å². The van der Waals surface area contributed by atoms with Gasteiger partial charge >= 0.3 is 0 Å². The lowest BCUT2D eigenvalue weighted by Gasteiger charge is -2.60. The van der Waals surface area contributed by atoms with Crippen molar-refractivity contribution in [2.24, 2.45) is 46.3 Å². The van der Waals surface area contributed by atoms with Gasteiger partial charge in [-0.15, -0.1) is 0 Å². The normalized spacial score (nSPS) is 59.3. The van der Waals surface area contributed by atoms with Crippen LogP contribution in [0.2, 0.25) is 0 Å². The van der Waals surface area contributed by atoms with E-state index >= 15 is 0 Å². The highest BCUT2D eigenvalue weighted by atomic mass is 16.8. The molecule has 0 aromatic carbocycles. The first-order valence-corrected chi connectivity index (χ1v) is 19.4. The van der Waals surface area contributed by atoms with Crippen LogP contribution in [-0.2, 0) is 28.4 Å². The van der Waals surface area contributed by atoms with Gasteiger partial charge in [-0.05, 0) is 80.5 Å². The van der Waals surface area contributed by atoms with Crippen molar-refractivity contribution in [2.75, 3.05) is 13.2 Å². The van der Waals surface area contributed by atoms with E-state index in [2.05, 4.69) is 33.8 Å². The molecule has 4 heterocycles. The first kappa shape index (κ1) is 36.2. The van der Waals surface area contributed by atoms with E-state index < -0.39 is 78.7 Å². The summed E-state index contributed by atoms with van der Waals surface area (Å²) in [5.74, 6) is 2.08. The molecular weight excluding hydrogens is 648 g/mol. The maximum Gasteiger partial charge on any atom is 0.187 e. The Hall–Kier alpha value is -0.740. The second kappa shape index (κ2) is 12.9. The van der Waals surface area contributed by atoms with E-state index in [0.29, 0.717) is 48.3 Å². The monoisotopic (exact) mass is 708 g/mol. The molecule has 4 saturated heterocycles. The maximum absolute atomic E-state index is 11.1. The molecule has 3 saturated carbocycles. The SMILES string of the molecule is C[C@@H]1CC[C@]2(OC1)O[C@@H]1C[C@@H]3[C@@H]4CC=C5C[C@@H](O)C[C@@H](O[C@@H]6OC[C@H](O)[C@H](O)[C@@H]6O[C@@H]6O[C@H](C)[C@H](O)[C@H](O)[C@@H]6O)[C@]5(C)[C@@H]4CC[C@]3(C)[C@@H]1[C@@H]2C. The van der Waals surface area contributed by atoms with Crippen LogP contribution in [0.4, 0.5) is 0 Å². The molecule has 7 fully saturated rings. The van der Waals surface area contributed by atoms with E-state index in [0.717, 1.165) is 45.1 Å². The first-order chi connectivity index (χ1) is 23.7. The first-order valence-electron chi connectivity index (χ1n) is 19.4. The minimum atomic E-state index is -1.60. The minimum absolute atomic E-state index is 0.134. The van der Waals surface area contributed by atoms with Gasteiger partial charge in [-0.3, -0.25) is 0 Å². The van der Waals surface area contributed by atoms with Gasteiger partial charge in [0.15, 0.2) is 18.4 Å². The molecule has 8 rings (SSSR count). The smallest absolute Gasteiger partial charge is 0.187 e. The van der Waals surface area contributed by atoms with E-state index in [-0.39, 0.29) is 18.1 Å². The Bertz CT molecular complexity index is 1290. The van der Waals surface area contributed by atoms with Crippen LogP contribution in [0, 0.1) is 46.3 Å².